The third kappa shape index (κ3) is 34.8. The molecule has 0 fully saturated rings. The van der Waals surface area contributed by atoms with Gasteiger partial charge in [0.05, 0.1) is 34.4 Å². The van der Waals surface area contributed by atoms with Crippen molar-refractivity contribution in [1.29, 1.82) is 0 Å². The number of quaternary nitrogens is 1. The minimum Gasteiger partial charge on any atom is -0.477 e. The Morgan fingerprint density at radius 3 is 1.57 bits per heavy atom. The van der Waals surface area contributed by atoms with Crippen molar-refractivity contribution in [3.05, 3.63) is 48.6 Å². The molecule has 0 aliphatic rings. The molecule has 0 spiro atoms. The Balaban J connectivity index is 4.41. The smallest absolute Gasteiger partial charge is 0.362 e. The van der Waals surface area contributed by atoms with Gasteiger partial charge in [-0.2, -0.15) is 0 Å². The Morgan fingerprint density at radius 2 is 1.06 bits per heavy atom. The number of carbonyl (C=O) groups excluding carboxylic acids is 2. The summed E-state index contributed by atoms with van der Waals surface area (Å²) in [5, 5.41) is 9.60. The number of carboxylic acids is 1. The van der Waals surface area contributed by atoms with Crippen LogP contribution in [-0.2, 0) is 28.6 Å². The highest BCUT2D eigenvalue weighted by molar-refractivity contribution is 5.72. The minimum absolute atomic E-state index is 0.0518. The first-order valence-electron chi connectivity index (χ1n) is 21.2. The van der Waals surface area contributed by atoms with Gasteiger partial charge < -0.3 is 23.8 Å². The third-order valence-electron chi connectivity index (χ3n) is 9.34. The van der Waals surface area contributed by atoms with E-state index in [1.807, 2.05) is 45.4 Å². The Labute approximate surface area is 325 Å². The molecule has 2 unspecified atom stereocenters. The number of esters is 2. The molecule has 0 aromatic heterocycles. The topological polar surface area (TPSA) is 99.1 Å². The maximum Gasteiger partial charge on any atom is 0.362 e. The number of carboxylic acid groups (broad SMARTS) is 1. The first-order chi connectivity index (χ1) is 25.6. The summed E-state index contributed by atoms with van der Waals surface area (Å²) < 4.78 is 17.2. The predicted octanol–water partition coefficient (Wildman–Crippen LogP) is 11.2. The van der Waals surface area contributed by atoms with Crippen LogP contribution in [0.15, 0.2) is 48.6 Å². The molecule has 0 aromatic rings. The van der Waals surface area contributed by atoms with Crippen LogP contribution in [0.25, 0.3) is 0 Å². The number of unbranched alkanes of at least 4 members (excludes halogenated alkanes) is 18. The molecular formula is C45H80NO7+. The van der Waals surface area contributed by atoms with E-state index in [1.54, 1.807) is 0 Å². The predicted molar refractivity (Wildman–Crippen MR) is 220 cm³/mol. The van der Waals surface area contributed by atoms with Crippen LogP contribution in [0.2, 0.25) is 0 Å². The van der Waals surface area contributed by atoms with Crippen molar-refractivity contribution in [2.45, 2.75) is 180 Å². The molecule has 306 valence electrons. The summed E-state index contributed by atoms with van der Waals surface area (Å²) in [5.41, 5.74) is 0. The van der Waals surface area contributed by atoms with Gasteiger partial charge in [0.25, 0.3) is 0 Å². The highest BCUT2D eigenvalue weighted by atomic mass is 16.6. The quantitative estimate of drug-likeness (QED) is 0.0292. The minimum atomic E-state index is -0.880. The number of hydrogen-bond donors (Lipinski definition) is 1. The molecule has 0 amide bonds. The van der Waals surface area contributed by atoms with Crippen LogP contribution in [0.5, 0.6) is 0 Å². The van der Waals surface area contributed by atoms with Crippen LogP contribution in [0.4, 0.5) is 0 Å². The average molecular weight is 747 g/mol. The maximum absolute atomic E-state index is 12.7. The van der Waals surface area contributed by atoms with Crippen molar-refractivity contribution in [3.8, 4) is 0 Å². The van der Waals surface area contributed by atoms with Crippen molar-refractivity contribution >= 4 is 17.9 Å². The van der Waals surface area contributed by atoms with Crippen LogP contribution < -0.4 is 0 Å². The SMILES string of the molecule is CC/C=C/C=C/C=C/C=C/CCCCCCCC(=O)OC(COCCC(C(=O)O)[N+](C)(C)C)COC(=O)CCCCCCCCCCCCCCCC. The van der Waals surface area contributed by atoms with Gasteiger partial charge >= 0.3 is 17.9 Å². The fourth-order valence-corrected chi connectivity index (χ4v) is 6.04. The molecule has 0 bridgehead atoms. The molecule has 0 heterocycles. The van der Waals surface area contributed by atoms with Gasteiger partial charge in [0.15, 0.2) is 12.1 Å². The second-order valence-corrected chi connectivity index (χ2v) is 15.3. The molecule has 0 saturated carbocycles. The first kappa shape index (κ1) is 50.3. The van der Waals surface area contributed by atoms with E-state index in [0.717, 1.165) is 64.2 Å². The second-order valence-electron chi connectivity index (χ2n) is 15.3. The highest BCUT2D eigenvalue weighted by Crippen LogP contribution is 2.15. The first-order valence-corrected chi connectivity index (χ1v) is 21.2. The van der Waals surface area contributed by atoms with E-state index in [9.17, 15) is 19.5 Å². The van der Waals surface area contributed by atoms with Crippen LogP contribution in [0.3, 0.4) is 0 Å². The Morgan fingerprint density at radius 1 is 0.585 bits per heavy atom. The van der Waals surface area contributed by atoms with Crippen molar-refractivity contribution in [1.82, 2.24) is 0 Å². The maximum atomic E-state index is 12.7. The number of aliphatic carboxylic acids is 1. The monoisotopic (exact) mass is 747 g/mol. The lowest BCUT2D eigenvalue weighted by atomic mass is 10.0. The van der Waals surface area contributed by atoms with Crippen molar-refractivity contribution in [2.75, 3.05) is 41.0 Å². The molecule has 0 saturated heterocycles. The molecule has 1 N–H and O–H groups in total. The number of rotatable bonds is 37. The van der Waals surface area contributed by atoms with Crippen LogP contribution in [0, 0.1) is 0 Å². The Kier molecular flexibility index (Phi) is 34.4. The summed E-state index contributed by atoms with van der Waals surface area (Å²) >= 11 is 0. The van der Waals surface area contributed by atoms with Crippen molar-refractivity contribution in [2.24, 2.45) is 0 Å². The second kappa shape index (κ2) is 36.3. The average Bonchev–Trinajstić information content (AvgIpc) is 3.11. The summed E-state index contributed by atoms with van der Waals surface area (Å²) in [6, 6.07) is -0.618. The number of hydrogen-bond acceptors (Lipinski definition) is 6. The number of nitrogens with zero attached hydrogens (tertiary/aromatic N) is 1. The lowest BCUT2D eigenvalue weighted by Crippen LogP contribution is -2.50. The van der Waals surface area contributed by atoms with Crippen molar-refractivity contribution in [3.63, 3.8) is 0 Å². The normalized spacial score (nSPS) is 13.5. The van der Waals surface area contributed by atoms with Gasteiger partial charge in [-0.15, -0.1) is 0 Å². The zero-order valence-corrected chi connectivity index (χ0v) is 34.7. The largest absolute Gasteiger partial charge is 0.477 e. The third-order valence-corrected chi connectivity index (χ3v) is 9.34. The van der Waals surface area contributed by atoms with Gasteiger partial charge in [0.1, 0.15) is 6.61 Å². The molecule has 0 aromatic carbocycles. The lowest BCUT2D eigenvalue weighted by molar-refractivity contribution is -0.887. The molecule has 2 atom stereocenters. The van der Waals surface area contributed by atoms with E-state index in [1.165, 1.54) is 70.6 Å². The fraction of sp³-hybridized carbons (Fsp3) is 0.756. The molecular weight excluding hydrogens is 666 g/mol. The standard InChI is InChI=1S/C45H79NO7/c1-6-8-10-12-14-16-18-20-22-24-26-28-30-32-34-36-44(48)53-41(39-51-38-37-42(45(49)50)46(3,4)5)40-52-43(47)35-33-31-29-27-25-23-21-19-17-15-13-11-9-7-2/h8,10,12,14,16,18,20,22,41-42H,6-7,9,11,13,15,17,19,21,23-40H2,1-5H3/p+1/b10-8+,14-12+,18-16+,22-20+. The highest BCUT2D eigenvalue weighted by Gasteiger charge is 2.31. The molecule has 0 radical (unpaired) electrons. The Hall–Kier alpha value is -2.71. The van der Waals surface area contributed by atoms with Gasteiger partial charge in [0.2, 0.25) is 0 Å². The van der Waals surface area contributed by atoms with E-state index < -0.39 is 18.1 Å². The number of carbonyl (C=O) groups is 3. The zero-order chi connectivity index (χ0) is 39.3. The summed E-state index contributed by atoms with van der Waals surface area (Å²) in [4.78, 5) is 36.9. The molecule has 0 aliphatic carbocycles. The Bertz CT molecular complexity index is 1010. The van der Waals surface area contributed by atoms with E-state index in [-0.39, 0.29) is 36.2 Å². The van der Waals surface area contributed by atoms with Gasteiger partial charge in [-0.25, -0.2) is 4.79 Å². The van der Waals surface area contributed by atoms with Crippen LogP contribution in [0.1, 0.15) is 168 Å². The van der Waals surface area contributed by atoms with E-state index in [2.05, 4.69) is 38.2 Å². The van der Waals surface area contributed by atoms with Gasteiger partial charge in [0, 0.05) is 19.3 Å². The number of likely N-dealkylation sites (N-methyl/N-ethyl adjacent to an activating group) is 1. The van der Waals surface area contributed by atoms with Crippen LogP contribution >= 0.6 is 0 Å². The summed E-state index contributed by atoms with van der Waals surface area (Å²) in [6.07, 6.45) is 41.5. The molecule has 0 rings (SSSR count). The lowest BCUT2D eigenvalue weighted by Gasteiger charge is -2.31. The number of allylic oxidation sites excluding steroid dienone is 8. The van der Waals surface area contributed by atoms with E-state index >= 15 is 0 Å². The molecule has 8 nitrogen and oxygen atoms in total. The summed E-state index contributed by atoms with van der Waals surface area (Å²) in [7, 11) is 5.51. The van der Waals surface area contributed by atoms with E-state index in [4.69, 9.17) is 14.2 Å². The molecule has 53 heavy (non-hydrogen) atoms. The van der Waals surface area contributed by atoms with Gasteiger partial charge in [-0.3, -0.25) is 9.59 Å². The van der Waals surface area contributed by atoms with E-state index in [0.29, 0.717) is 19.3 Å². The van der Waals surface area contributed by atoms with Crippen molar-refractivity contribution < 1.29 is 38.2 Å². The summed E-state index contributed by atoms with van der Waals surface area (Å²) in [6.45, 7) is 4.57. The molecule has 8 heteroatoms. The summed E-state index contributed by atoms with van der Waals surface area (Å²) in [5.74, 6) is -1.50. The number of ether oxygens (including phenoxy) is 3. The van der Waals surface area contributed by atoms with Crippen LogP contribution in [-0.4, -0.2) is 80.6 Å². The molecule has 0 aliphatic heterocycles. The van der Waals surface area contributed by atoms with Gasteiger partial charge in [-0.05, 0) is 32.1 Å². The zero-order valence-electron chi connectivity index (χ0n) is 34.7. The fourth-order valence-electron chi connectivity index (χ4n) is 6.04. The van der Waals surface area contributed by atoms with Gasteiger partial charge in [-0.1, -0.05) is 165 Å².